The Morgan fingerprint density at radius 1 is 1.04 bits per heavy atom. The highest BCUT2D eigenvalue weighted by atomic mass is 16.1. The van der Waals surface area contributed by atoms with E-state index in [1.807, 2.05) is 57.2 Å². The van der Waals surface area contributed by atoms with Gasteiger partial charge in [-0.3, -0.25) is 9.78 Å². The van der Waals surface area contributed by atoms with E-state index < -0.39 is 0 Å². The number of para-hydroxylation sites is 1. The molecule has 0 spiro atoms. The molecule has 27 heavy (non-hydrogen) atoms. The molecule has 0 unspecified atom stereocenters. The zero-order valence-corrected chi connectivity index (χ0v) is 16.6. The molecule has 0 aliphatic carbocycles. The van der Waals surface area contributed by atoms with Crippen molar-refractivity contribution in [2.75, 3.05) is 5.32 Å². The van der Waals surface area contributed by atoms with Crippen LogP contribution in [0.5, 0.6) is 0 Å². The van der Waals surface area contributed by atoms with Gasteiger partial charge in [0.1, 0.15) is 0 Å². The number of nitrogens with one attached hydrogen (secondary N) is 2. The molecule has 4 nitrogen and oxygen atoms in total. The third-order valence-corrected chi connectivity index (χ3v) is 4.33. The predicted molar refractivity (Wildman–Crippen MR) is 113 cm³/mol. The maximum Gasteiger partial charge on any atom is 0.255 e. The van der Waals surface area contributed by atoms with E-state index in [0.29, 0.717) is 11.5 Å². The molecule has 0 radical (unpaired) electrons. The van der Waals surface area contributed by atoms with Crippen LogP contribution in [0.1, 0.15) is 56.5 Å². The van der Waals surface area contributed by atoms with Crippen LogP contribution in [0.25, 0.3) is 10.9 Å². The average Bonchev–Trinajstić information content (AvgIpc) is 2.60. The molecule has 0 saturated carbocycles. The van der Waals surface area contributed by atoms with Crippen LogP contribution in [0.15, 0.2) is 54.7 Å². The van der Waals surface area contributed by atoms with Crippen molar-refractivity contribution >= 4 is 28.2 Å². The molecule has 1 aromatic heterocycles. The number of aromatic nitrogens is 1. The molecule has 4 heteroatoms. The van der Waals surface area contributed by atoms with Gasteiger partial charge in [0, 0.05) is 22.8 Å². The molecule has 0 aliphatic heterocycles. The van der Waals surface area contributed by atoms with Gasteiger partial charge in [-0.1, -0.05) is 38.1 Å². The molecular weight excluding hydrogens is 334 g/mol. The Morgan fingerprint density at radius 3 is 2.37 bits per heavy atom. The summed E-state index contributed by atoms with van der Waals surface area (Å²) in [6.45, 7) is 10.2. The van der Waals surface area contributed by atoms with Crippen molar-refractivity contribution < 1.29 is 4.79 Å². The standard InChI is InChI=1S/C23H27N3O/c1-15(2)16-11-12-20-18(13-16)21(25-17-9-7-6-8-10-17)19(14-24-20)22(27)26-23(3,4)5/h6-15H,1-5H3,(H,24,25)(H,26,27). The first-order valence-electron chi connectivity index (χ1n) is 9.32. The Bertz CT molecular complexity index is 957. The van der Waals surface area contributed by atoms with E-state index >= 15 is 0 Å². The summed E-state index contributed by atoms with van der Waals surface area (Å²) >= 11 is 0. The molecule has 140 valence electrons. The molecule has 0 atom stereocenters. The van der Waals surface area contributed by atoms with Gasteiger partial charge in [0.25, 0.3) is 5.91 Å². The monoisotopic (exact) mass is 361 g/mol. The largest absolute Gasteiger partial charge is 0.354 e. The van der Waals surface area contributed by atoms with Gasteiger partial charge in [-0.15, -0.1) is 0 Å². The van der Waals surface area contributed by atoms with E-state index in [9.17, 15) is 4.79 Å². The normalized spacial score (nSPS) is 11.6. The number of pyridine rings is 1. The number of hydrogen-bond donors (Lipinski definition) is 2. The van der Waals surface area contributed by atoms with Gasteiger partial charge in [-0.25, -0.2) is 0 Å². The second kappa shape index (κ2) is 7.39. The zero-order valence-electron chi connectivity index (χ0n) is 16.6. The van der Waals surface area contributed by atoms with Gasteiger partial charge in [-0.05, 0) is 56.5 Å². The minimum Gasteiger partial charge on any atom is -0.354 e. The Labute approximate surface area is 161 Å². The Kier molecular flexibility index (Phi) is 5.17. The van der Waals surface area contributed by atoms with Crippen molar-refractivity contribution in [3.05, 3.63) is 65.9 Å². The lowest BCUT2D eigenvalue weighted by atomic mass is 9.98. The van der Waals surface area contributed by atoms with Crippen LogP contribution in [0.2, 0.25) is 0 Å². The van der Waals surface area contributed by atoms with Crippen molar-refractivity contribution in [2.24, 2.45) is 0 Å². The molecule has 2 N–H and O–H groups in total. The fourth-order valence-corrected chi connectivity index (χ4v) is 2.95. The topological polar surface area (TPSA) is 54.0 Å². The van der Waals surface area contributed by atoms with Gasteiger partial charge in [-0.2, -0.15) is 0 Å². The maximum absolute atomic E-state index is 12.9. The smallest absolute Gasteiger partial charge is 0.255 e. The Hall–Kier alpha value is -2.88. The van der Waals surface area contributed by atoms with Crippen LogP contribution in [0.4, 0.5) is 11.4 Å². The van der Waals surface area contributed by atoms with E-state index in [2.05, 4.69) is 41.6 Å². The average molecular weight is 361 g/mol. The van der Waals surface area contributed by atoms with Gasteiger partial charge in [0.2, 0.25) is 0 Å². The summed E-state index contributed by atoms with van der Waals surface area (Å²) in [7, 11) is 0. The summed E-state index contributed by atoms with van der Waals surface area (Å²) in [6.07, 6.45) is 1.66. The molecule has 1 heterocycles. The number of amides is 1. The van der Waals surface area contributed by atoms with Crippen LogP contribution < -0.4 is 10.6 Å². The third-order valence-electron chi connectivity index (χ3n) is 4.33. The summed E-state index contributed by atoms with van der Waals surface area (Å²) in [5.74, 6) is 0.260. The van der Waals surface area contributed by atoms with E-state index in [1.54, 1.807) is 6.20 Å². The van der Waals surface area contributed by atoms with Crippen LogP contribution in [-0.4, -0.2) is 16.4 Å². The number of carbonyl (C=O) groups is 1. The maximum atomic E-state index is 12.9. The molecule has 0 aliphatic rings. The summed E-state index contributed by atoms with van der Waals surface area (Å²) in [5.41, 5.74) is 4.02. The highest BCUT2D eigenvalue weighted by Gasteiger charge is 2.21. The number of nitrogens with zero attached hydrogens (tertiary/aromatic N) is 1. The number of fused-ring (bicyclic) bond motifs is 1. The van der Waals surface area contributed by atoms with E-state index in [1.165, 1.54) is 5.56 Å². The van der Waals surface area contributed by atoms with Crippen molar-refractivity contribution in [3.8, 4) is 0 Å². The van der Waals surface area contributed by atoms with E-state index in [4.69, 9.17) is 0 Å². The van der Waals surface area contributed by atoms with Crippen molar-refractivity contribution in [1.82, 2.24) is 10.3 Å². The number of hydrogen-bond acceptors (Lipinski definition) is 3. The lowest BCUT2D eigenvalue weighted by molar-refractivity contribution is 0.0920. The van der Waals surface area contributed by atoms with Gasteiger partial charge in [0.05, 0.1) is 16.8 Å². The first-order valence-corrected chi connectivity index (χ1v) is 9.32. The Balaban J connectivity index is 2.18. The van der Waals surface area contributed by atoms with Crippen LogP contribution in [-0.2, 0) is 0 Å². The van der Waals surface area contributed by atoms with Crippen LogP contribution >= 0.6 is 0 Å². The minimum atomic E-state index is -0.324. The molecule has 0 bridgehead atoms. The minimum absolute atomic E-state index is 0.134. The molecule has 0 fully saturated rings. The fourth-order valence-electron chi connectivity index (χ4n) is 2.95. The second-order valence-electron chi connectivity index (χ2n) is 8.17. The van der Waals surface area contributed by atoms with Crippen molar-refractivity contribution in [1.29, 1.82) is 0 Å². The molecule has 0 saturated heterocycles. The number of benzene rings is 2. The lowest BCUT2D eigenvalue weighted by Crippen LogP contribution is -2.40. The quantitative estimate of drug-likeness (QED) is 0.633. The zero-order chi connectivity index (χ0) is 19.6. The van der Waals surface area contributed by atoms with Gasteiger partial charge < -0.3 is 10.6 Å². The first-order chi connectivity index (χ1) is 12.7. The lowest BCUT2D eigenvalue weighted by Gasteiger charge is -2.22. The summed E-state index contributed by atoms with van der Waals surface area (Å²) in [5, 5.41) is 7.44. The molecule has 2 aromatic carbocycles. The van der Waals surface area contributed by atoms with E-state index in [0.717, 1.165) is 22.3 Å². The third kappa shape index (κ3) is 4.45. The summed E-state index contributed by atoms with van der Waals surface area (Å²) < 4.78 is 0. The van der Waals surface area contributed by atoms with Gasteiger partial charge >= 0.3 is 0 Å². The van der Waals surface area contributed by atoms with Gasteiger partial charge in [0.15, 0.2) is 0 Å². The Morgan fingerprint density at radius 2 is 1.74 bits per heavy atom. The molecule has 3 rings (SSSR count). The number of rotatable bonds is 4. The van der Waals surface area contributed by atoms with Crippen LogP contribution in [0.3, 0.4) is 0 Å². The highest BCUT2D eigenvalue weighted by molar-refractivity contribution is 6.08. The van der Waals surface area contributed by atoms with Crippen LogP contribution in [0, 0.1) is 0 Å². The molecule has 3 aromatic rings. The number of carbonyl (C=O) groups excluding carboxylic acids is 1. The number of anilines is 2. The van der Waals surface area contributed by atoms with E-state index in [-0.39, 0.29) is 11.4 Å². The summed E-state index contributed by atoms with van der Waals surface area (Å²) in [6, 6.07) is 16.1. The fraction of sp³-hybridized carbons (Fsp3) is 0.304. The molecular formula is C23H27N3O. The van der Waals surface area contributed by atoms with Crippen molar-refractivity contribution in [3.63, 3.8) is 0 Å². The second-order valence-corrected chi connectivity index (χ2v) is 8.17. The molecule has 1 amide bonds. The first kappa shape index (κ1) is 18.9. The van der Waals surface area contributed by atoms with Crippen molar-refractivity contribution in [2.45, 2.75) is 46.1 Å². The predicted octanol–water partition coefficient (Wildman–Crippen LogP) is 5.63. The highest BCUT2D eigenvalue weighted by Crippen LogP contribution is 2.31. The SMILES string of the molecule is CC(C)c1ccc2ncc(C(=O)NC(C)(C)C)c(Nc3ccccc3)c2c1. The summed E-state index contributed by atoms with van der Waals surface area (Å²) in [4.78, 5) is 17.5.